The number of carboxylic acid groups (broad SMARTS) is 1. The van der Waals surface area contributed by atoms with Crippen molar-refractivity contribution in [2.75, 3.05) is 18.4 Å². The van der Waals surface area contributed by atoms with E-state index in [1.807, 2.05) is 6.92 Å². The molecule has 10 heteroatoms. The Hall–Kier alpha value is -2.04. The number of nitrogens with one attached hydrogen (secondary N) is 2. The van der Waals surface area contributed by atoms with Crippen molar-refractivity contribution in [3.8, 4) is 0 Å². The van der Waals surface area contributed by atoms with Crippen molar-refractivity contribution in [3.05, 3.63) is 35.1 Å². The summed E-state index contributed by atoms with van der Waals surface area (Å²) in [5.74, 6) is -0.783. The van der Waals surface area contributed by atoms with Crippen molar-refractivity contribution in [2.24, 2.45) is 0 Å². The van der Waals surface area contributed by atoms with Crippen LogP contribution in [0.25, 0.3) is 0 Å². The molecule has 22 heavy (non-hydrogen) atoms. The highest BCUT2D eigenvalue weighted by Gasteiger charge is 2.15. The molecule has 2 aromatic heterocycles. The molecule has 2 heterocycles. The van der Waals surface area contributed by atoms with Crippen LogP contribution in [0.3, 0.4) is 0 Å². The zero-order chi connectivity index (χ0) is 16.2. The molecule has 0 aromatic carbocycles. The lowest BCUT2D eigenvalue weighted by Crippen LogP contribution is -2.28. The van der Waals surface area contributed by atoms with Crippen LogP contribution in [0.5, 0.6) is 0 Å². The van der Waals surface area contributed by atoms with Crippen molar-refractivity contribution in [3.63, 3.8) is 0 Å². The predicted octanol–water partition coefficient (Wildman–Crippen LogP) is 0.935. The highest BCUT2D eigenvalue weighted by Crippen LogP contribution is 2.19. The zero-order valence-corrected chi connectivity index (χ0v) is 13.2. The number of carboxylic acids is 1. The van der Waals surface area contributed by atoms with E-state index in [0.717, 1.165) is 11.1 Å². The molecule has 118 valence electrons. The fraction of sp³-hybridized carbons (Fsp3) is 0.250. The first-order valence-corrected chi connectivity index (χ1v) is 8.54. The first kappa shape index (κ1) is 16.3. The van der Waals surface area contributed by atoms with E-state index < -0.39 is 16.0 Å². The van der Waals surface area contributed by atoms with Gasteiger partial charge < -0.3 is 10.4 Å². The van der Waals surface area contributed by atoms with E-state index in [2.05, 4.69) is 20.0 Å². The molecule has 0 saturated heterocycles. The molecule has 8 nitrogen and oxygen atoms in total. The normalized spacial score (nSPS) is 11.3. The van der Waals surface area contributed by atoms with Crippen LogP contribution in [0.2, 0.25) is 0 Å². The van der Waals surface area contributed by atoms with E-state index in [1.54, 1.807) is 12.1 Å². The maximum atomic E-state index is 12.0. The average molecular weight is 342 g/mol. The number of aromatic carboxylic acids is 1. The number of aryl methyl sites for hydroxylation is 1. The third kappa shape index (κ3) is 4.23. The molecule has 0 unspecified atom stereocenters. The largest absolute Gasteiger partial charge is 0.476 e. The lowest BCUT2D eigenvalue weighted by atomic mass is 10.4. The topological polar surface area (TPSA) is 121 Å². The Morgan fingerprint density at radius 3 is 2.59 bits per heavy atom. The Morgan fingerprint density at radius 1 is 1.27 bits per heavy atom. The molecule has 0 aliphatic heterocycles. The molecular formula is C12H14N4O4S2. The van der Waals surface area contributed by atoms with Gasteiger partial charge in [-0.2, -0.15) is 0 Å². The van der Waals surface area contributed by atoms with Gasteiger partial charge in [0.25, 0.3) is 0 Å². The molecule has 0 aliphatic rings. The molecule has 0 spiro atoms. The van der Waals surface area contributed by atoms with Gasteiger partial charge in [-0.25, -0.2) is 27.9 Å². The Labute approximate surface area is 131 Å². The summed E-state index contributed by atoms with van der Waals surface area (Å²) in [6.45, 7) is 2.30. The predicted molar refractivity (Wildman–Crippen MR) is 81.7 cm³/mol. The lowest BCUT2D eigenvalue weighted by molar-refractivity contribution is 0.0690. The molecule has 0 fully saturated rings. The summed E-state index contributed by atoms with van der Waals surface area (Å²) in [4.78, 5) is 19.1. The van der Waals surface area contributed by atoms with Gasteiger partial charge in [-0.3, -0.25) is 0 Å². The van der Waals surface area contributed by atoms with Gasteiger partial charge in [0.1, 0.15) is 10.0 Å². The lowest BCUT2D eigenvalue weighted by Gasteiger charge is -2.07. The summed E-state index contributed by atoms with van der Waals surface area (Å²) in [6.07, 6.45) is 2.41. The molecule has 2 rings (SSSR count). The van der Waals surface area contributed by atoms with Crippen LogP contribution in [0.1, 0.15) is 15.4 Å². The molecular weight excluding hydrogens is 328 g/mol. The Bertz CT molecular complexity index is 756. The molecule has 0 aliphatic carbocycles. The summed E-state index contributed by atoms with van der Waals surface area (Å²) >= 11 is 1.20. The number of hydrogen-bond donors (Lipinski definition) is 3. The number of aromatic nitrogens is 2. The minimum absolute atomic E-state index is 0.153. The van der Waals surface area contributed by atoms with Gasteiger partial charge in [-0.15, -0.1) is 11.3 Å². The van der Waals surface area contributed by atoms with Crippen LogP contribution < -0.4 is 10.0 Å². The van der Waals surface area contributed by atoms with Crippen molar-refractivity contribution < 1.29 is 18.3 Å². The minimum atomic E-state index is -3.50. The number of anilines is 1. The number of thiophene rings is 1. The molecule has 0 saturated carbocycles. The van der Waals surface area contributed by atoms with Crippen molar-refractivity contribution in [1.82, 2.24) is 14.7 Å². The highest BCUT2D eigenvalue weighted by atomic mass is 32.2. The smallest absolute Gasteiger partial charge is 0.356 e. The third-order valence-corrected chi connectivity index (χ3v) is 5.53. The second-order valence-electron chi connectivity index (χ2n) is 4.28. The summed E-state index contributed by atoms with van der Waals surface area (Å²) in [5.41, 5.74) is -0.153. The fourth-order valence-corrected chi connectivity index (χ4v) is 3.89. The number of sulfonamides is 1. The summed E-state index contributed by atoms with van der Waals surface area (Å²) in [7, 11) is -3.50. The van der Waals surface area contributed by atoms with E-state index in [-0.39, 0.29) is 16.4 Å². The molecule has 0 bridgehead atoms. The maximum absolute atomic E-state index is 12.0. The van der Waals surface area contributed by atoms with Crippen LogP contribution in [-0.2, 0) is 10.0 Å². The van der Waals surface area contributed by atoms with Gasteiger partial charge in [0.05, 0.1) is 12.4 Å². The van der Waals surface area contributed by atoms with Crippen LogP contribution in [0, 0.1) is 6.92 Å². The fourth-order valence-electron chi connectivity index (χ4n) is 1.53. The van der Waals surface area contributed by atoms with Crippen molar-refractivity contribution in [2.45, 2.75) is 11.1 Å². The number of hydrogen-bond acceptors (Lipinski definition) is 7. The van der Waals surface area contributed by atoms with Crippen LogP contribution >= 0.6 is 11.3 Å². The summed E-state index contributed by atoms with van der Waals surface area (Å²) in [5, 5.41) is 11.5. The monoisotopic (exact) mass is 342 g/mol. The van der Waals surface area contributed by atoms with Crippen LogP contribution in [-0.4, -0.2) is 42.6 Å². The second kappa shape index (κ2) is 6.81. The van der Waals surface area contributed by atoms with Crippen LogP contribution in [0.15, 0.2) is 28.7 Å². The van der Waals surface area contributed by atoms with Gasteiger partial charge in [0.2, 0.25) is 10.0 Å². The average Bonchev–Trinajstić information content (AvgIpc) is 2.92. The number of nitrogens with zero attached hydrogens (tertiary/aromatic N) is 2. The van der Waals surface area contributed by atoms with E-state index in [0.29, 0.717) is 12.4 Å². The summed E-state index contributed by atoms with van der Waals surface area (Å²) < 4.78 is 26.6. The zero-order valence-electron chi connectivity index (χ0n) is 11.6. The van der Waals surface area contributed by atoms with E-state index in [9.17, 15) is 13.2 Å². The first-order valence-electron chi connectivity index (χ1n) is 6.24. The molecule has 0 radical (unpaired) electrons. The van der Waals surface area contributed by atoms with Gasteiger partial charge in [-0.05, 0) is 19.1 Å². The van der Waals surface area contributed by atoms with Crippen molar-refractivity contribution in [1.29, 1.82) is 0 Å². The first-order chi connectivity index (χ1) is 10.4. The Morgan fingerprint density at radius 2 is 2.05 bits per heavy atom. The maximum Gasteiger partial charge on any atom is 0.356 e. The molecule has 2 aromatic rings. The van der Waals surface area contributed by atoms with Crippen molar-refractivity contribution >= 4 is 33.1 Å². The van der Waals surface area contributed by atoms with E-state index >= 15 is 0 Å². The highest BCUT2D eigenvalue weighted by molar-refractivity contribution is 7.91. The summed E-state index contributed by atoms with van der Waals surface area (Å²) in [6, 6.07) is 3.31. The van der Waals surface area contributed by atoms with Gasteiger partial charge in [0.15, 0.2) is 5.69 Å². The molecule has 3 N–H and O–H groups in total. The quantitative estimate of drug-likeness (QED) is 0.640. The van der Waals surface area contributed by atoms with Gasteiger partial charge >= 0.3 is 5.97 Å². The van der Waals surface area contributed by atoms with Crippen LogP contribution in [0.4, 0.5) is 5.82 Å². The van der Waals surface area contributed by atoms with E-state index in [4.69, 9.17) is 5.11 Å². The molecule has 0 atom stereocenters. The number of rotatable bonds is 7. The number of carbonyl (C=O) groups is 1. The third-order valence-electron chi connectivity index (χ3n) is 2.57. The second-order valence-corrected chi connectivity index (χ2v) is 7.56. The SMILES string of the molecule is Cc1ccc(S(=O)(=O)NCCNc2cnc(C(=O)O)cn2)s1. The Kier molecular flexibility index (Phi) is 5.06. The Balaban J connectivity index is 1.83. The molecule has 0 amide bonds. The standard InChI is InChI=1S/C12H14N4O4S2/c1-8-2-3-11(21-8)22(19,20)16-5-4-13-10-7-14-9(6-15-10)12(17)18/h2-3,6-7,16H,4-5H2,1H3,(H,13,15)(H,17,18). The van der Waals surface area contributed by atoms with Gasteiger partial charge in [-0.1, -0.05) is 0 Å². The van der Waals surface area contributed by atoms with E-state index in [1.165, 1.54) is 17.5 Å². The minimum Gasteiger partial charge on any atom is -0.476 e. The van der Waals surface area contributed by atoms with Gasteiger partial charge in [0, 0.05) is 18.0 Å².